The van der Waals surface area contributed by atoms with E-state index < -0.39 is 0 Å². The summed E-state index contributed by atoms with van der Waals surface area (Å²) >= 11 is 0. The van der Waals surface area contributed by atoms with Gasteiger partial charge < -0.3 is 5.32 Å². The second-order valence-corrected chi connectivity index (χ2v) is 10.2. The van der Waals surface area contributed by atoms with Gasteiger partial charge in [-0.2, -0.15) is 0 Å². The molecular formula is C30H32N2O2. The van der Waals surface area contributed by atoms with E-state index in [0.717, 1.165) is 39.1 Å². The summed E-state index contributed by atoms with van der Waals surface area (Å²) < 4.78 is 0. The van der Waals surface area contributed by atoms with E-state index in [1.807, 2.05) is 88.4 Å². The van der Waals surface area contributed by atoms with Gasteiger partial charge in [-0.3, -0.25) is 9.59 Å². The van der Waals surface area contributed by atoms with E-state index in [-0.39, 0.29) is 17.2 Å². The van der Waals surface area contributed by atoms with Crippen molar-refractivity contribution < 1.29 is 9.59 Å². The third-order valence-corrected chi connectivity index (χ3v) is 6.59. The Labute approximate surface area is 202 Å². The van der Waals surface area contributed by atoms with Crippen LogP contribution in [0.4, 0.5) is 11.4 Å². The Balaban J connectivity index is 1.84. The van der Waals surface area contributed by atoms with Crippen molar-refractivity contribution >= 4 is 28.8 Å². The van der Waals surface area contributed by atoms with Crippen molar-refractivity contribution in [1.82, 2.24) is 0 Å². The van der Waals surface area contributed by atoms with E-state index in [4.69, 9.17) is 0 Å². The van der Waals surface area contributed by atoms with Crippen LogP contribution in [0.5, 0.6) is 0 Å². The molecule has 174 valence electrons. The van der Waals surface area contributed by atoms with Gasteiger partial charge >= 0.3 is 0 Å². The number of carbonyl (C=O) groups excluding carboxylic acids is 2. The van der Waals surface area contributed by atoms with Gasteiger partial charge in [-0.15, -0.1) is 0 Å². The highest BCUT2D eigenvalue weighted by Crippen LogP contribution is 2.36. The van der Waals surface area contributed by atoms with Gasteiger partial charge in [0.1, 0.15) is 5.70 Å². The predicted molar refractivity (Wildman–Crippen MR) is 140 cm³/mol. The largest absolute Gasteiger partial charge is 0.350 e. The minimum Gasteiger partial charge on any atom is -0.350 e. The lowest BCUT2D eigenvalue weighted by Gasteiger charge is -2.21. The Bertz CT molecular complexity index is 1320. The van der Waals surface area contributed by atoms with Gasteiger partial charge in [-0.05, 0) is 79.1 Å². The van der Waals surface area contributed by atoms with Gasteiger partial charge in [0.2, 0.25) is 0 Å². The molecule has 3 aromatic carbocycles. The third kappa shape index (κ3) is 4.16. The van der Waals surface area contributed by atoms with E-state index in [1.165, 1.54) is 4.90 Å². The molecule has 4 rings (SSSR count). The van der Waals surface area contributed by atoms with E-state index in [1.54, 1.807) is 0 Å². The molecule has 0 bridgehead atoms. The maximum atomic E-state index is 13.8. The number of nitrogens with one attached hydrogen (secondary N) is 1. The predicted octanol–water partition coefficient (Wildman–Crippen LogP) is 6.61. The van der Waals surface area contributed by atoms with Crippen LogP contribution in [-0.4, -0.2) is 11.8 Å². The summed E-state index contributed by atoms with van der Waals surface area (Å²) in [6.07, 6.45) is 0. The van der Waals surface area contributed by atoms with Crippen LogP contribution in [0.25, 0.3) is 5.57 Å². The molecule has 1 N–H and O–H groups in total. The Hall–Kier alpha value is -3.66. The molecule has 0 aliphatic carbocycles. The first kappa shape index (κ1) is 23.5. The monoisotopic (exact) mass is 452 g/mol. The van der Waals surface area contributed by atoms with Crippen LogP contribution in [0.15, 0.2) is 66.4 Å². The van der Waals surface area contributed by atoms with Gasteiger partial charge in [0.15, 0.2) is 0 Å². The molecule has 3 aromatic rings. The highest BCUT2D eigenvalue weighted by Gasteiger charge is 2.41. The Morgan fingerprint density at radius 2 is 1.44 bits per heavy atom. The zero-order valence-corrected chi connectivity index (χ0v) is 21.0. The topological polar surface area (TPSA) is 49.4 Å². The van der Waals surface area contributed by atoms with Crippen LogP contribution in [0, 0.1) is 27.7 Å². The van der Waals surface area contributed by atoms with Crippen molar-refractivity contribution in [3.05, 3.63) is 99.7 Å². The third-order valence-electron chi connectivity index (χ3n) is 6.59. The maximum absolute atomic E-state index is 13.8. The standard InChI is InChI=1S/C30H32N2O2/c1-18-11-16-24(20(3)17-18)26-27(31-25-10-8-9-19(2)21(25)4)29(34)32(28(26)33)23-14-12-22(13-15-23)30(5,6)7/h8-17,31H,1-7H3. The van der Waals surface area contributed by atoms with Gasteiger partial charge in [-0.1, -0.05) is 68.8 Å². The fraction of sp³-hybridized carbons (Fsp3) is 0.267. The van der Waals surface area contributed by atoms with Crippen LogP contribution in [-0.2, 0) is 15.0 Å². The van der Waals surface area contributed by atoms with E-state index in [9.17, 15) is 9.59 Å². The lowest BCUT2D eigenvalue weighted by atomic mass is 9.87. The number of rotatable bonds is 4. The molecule has 34 heavy (non-hydrogen) atoms. The Kier molecular flexibility index (Phi) is 5.94. The first-order chi connectivity index (χ1) is 16.0. The molecule has 0 fully saturated rings. The number of benzene rings is 3. The molecule has 0 aromatic heterocycles. The second-order valence-electron chi connectivity index (χ2n) is 10.2. The van der Waals surface area contributed by atoms with Crippen molar-refractivity contribution in [2.75, 3.05) is 10.2 Å². The SMILES string of the molecule is Cc1ccc(C2=C(Nc3cccc(C)c3C)C(=O)N(c3ccc(C(C)(C)C)cc3)C2=O)c(C)c1. The highest BCUT2D eigenvalue weighted by atomic mass is 16.2. The molecule has 1 aliphatic rings. The summed E-state index contributed by atoms with van der Waals surface area (Å²) in [6.45, 7) is 14.5. The lowest BCUT2D eigenvalue weighted by molar-refractivity contribution is -0.120. The van der Waals surface area contributed by atoms with E-state index >= 15 is 0 Å². The quantitative estimate of drug-likeness (QED) is 0.453. The van der Waals surface area contributed by atoms with Crippen molar-refractivity contribution in [3.8, 4) is 0 Å². The van der Waals surface area contributed by atoms with Gasteiger partial charge in [0, 0.05) is 5.69 Å². The number of imide groups is 1. The smallest absolute Gasteiger partial charge is 0.282 e. The molecule has 0 radical (unpaired) electrons. The van der Waals surface area contributed by atoms with Crippen molar-refractivity contribution in [1.29, 1.82) is 0 Å². The first-order valence-electron chi connectivity index (χ1n) is 11.6. The number of hydrogen-bond acceptors (Lipinski definition) is 3. The van der Waals surface area contributed by atoms with Gasteiger partial charge in [0.05, 0.1) is 11.3 Å². The van der Waals surface area contributed by atoms with Crippen LogP contribution in [0.1, 0.15) is 54.2 Å². The number of nitrogens with zero attached hydrogens (tertiary/aromatic N) is 1. The van der Waals surface area contributed by atoms with E-state index in [0.29, 0.717) is 17.0 Å². The molecule has 1 heterocycles. The molecule has 0 saturated heterocycles. The summed E-state index contributed by atoms with van der Waals surface area (Å²) in [4.78, 5) is 28.8. The average molecular weight is 453 g/mol. The lowest BCUT2D eigenvalue weighted by Crippen LogP contribution is -2.32. The zero-order chi connectivity index (χ0) is 24.8. The molecule has 0 unspecified atom stereocenters. The van der Waals surface area contributed by atoms with Crippen molar-refractivity contribution in [2.24, 2.45) is 0 Å². The molecule has 1 aliphatic heterocycles. The fourth-order valence-corrected chi connectivity index (χ4v) is 4.36. The number of carbonyl (C=O) groups is 2. The number of aryl methyl sites for hydroxylation is 3. The number of hydrogen-bond donors (Lipinski definition) is 1. The first-order valence-corrected chi connectivity index (χ1v) is 11.6. The van der Waals surface area contributed by atoms with Crippen LogP contribution >= 0.6 is 0 Å². The highest BCUT2D eigenvalue weighted by molar-refractivity contribution is 6.46. The number of amides is 2. The molecule has 4 nitrogen and oxygen atoms in total. The van der Waals surface area contributed by atoms with Gasteiger partial charge in [-0.25, -0.2) is 4.90 Å². The molecular weight excluding hydrogens is 420 g/mol. The number of anilines is 2. The summed E-state index contributed by atoms with van der Waals surface area (Å²) in [6, 6.07) is 19.6. The second kappa shape index (κ2) is 8.60. The average Bonchev–Trinajstić information content (AvgIpc) is 3.00. The summed E-state index contributed by atoms with van der Waals surface area (Å²) in [5.41, 5.74) is 8.24. The van der Waals surface area contributed by atoms with E-state index in [2.05, 4.69) is 26.1 Å². The minimum absolute atomic E-state index is 0.0185. The van der Waals surface area contributed by atoms with Crippen LogP contribution in [0.2, 0.25) is 0 Å². The Morgan fingerprint density at radius 3 is 2.06 bits per heavy atom. The molecule has 4 heteroatoms. The van der Waals surface area contributed by atoms with Crippen LogP contribution in [0.3, 0.4) is 0 Å². The summed E-state index contributed by atoms with van der Waals surface area (Å²) in [5.74, 6) is -0.655. The normalized spacial score (nSPS) is 14.3. The fourth-order valence-electron chi connectivity index (χ4n) is 4.36. The maximum Gasteiger partial charge on any atom is 0.282 e. The summed E-state index contributed by atoms with van der Waals surface area (Å²) in [7, 11) is 0. The van der Waals surface area contributed by atoms with Crippen LogP contribution < -0.4 is 10.2 Å². The summed E-state index contributed by atoms with van der Waals surface area (Å²) in [5, 5.41) is 3.32. The molecule has 0 saturated carbocycles. The Morgan fingerprint density at radius 1 is 0.765 bits per heavy atom. The molecule has 2 amide bonds. The van der Waals surface area contributed by atoms with Crippen molar-refractivity contribution in [2.45, 2.75) is 53.9 Å². The van der Waals surface area contributed by atoms with Gasteiger partial charge in [0.25, 0.3) is 11.8 Å². The molecule has 0 spiro atoms. The minimum atomic E-state index is -0.343. The van der Waals surface area contributed by atoms with Crippen molar-refractivity contribution in [3.63, 3.8) is 0 Å². The molecule has 0 atom stereocenters. The zero-order valence-electron chi connectivity index (χ0n) is 21.0.